The zero-order chi connectivity index (χ0) is 13.4. The molecule has 3 N–H and O–H groups in total. The van der Waals surface area contributed by atoms with Crippen molar-refractivity contribution in [3.8, 4) is 0 Å². The van der Waals surface area contributed by atoms with Crippen LogP contribution in [0, 0.1) is 0 Å². The van der Waals surface area contributed by atoms with Gasteiger partial charge in [-0.25, -0.2) is 9.59 Å². The Morgan fingerprint density at radius 2 is 1.50 bits per heavy atom. The average Bonchev–Trinajstić information content (AvgIpc) is 2.41. The van der Waals surface area contributed by atoms with E-state index in [0.717, 1.165) is 26.2 Å². The molecule has 6 nitrogen and oxygen atoms in total. The van der Waals surface area contributed by atoms with E-state index in [9.17, 15) is 0 Å². The summed E-state index contributed by atoms with van der Waals surface area (Å²) in [6.07, 6.45) is 0. The summed E-state index contributed by atoms with van der Waals surface area (Å²) in [4.78, 5) is 20.6. The molecular formula is C12H16N2O4. The summed E-state index contributed by atoms with van der Waals surface area (Å²) in [5.74, 6) is -3.65. The van der Waals surface area contributed by atoms with Crippen LogP contribution >= 0.6 is 0 Å². The van der Waals surface area contributed by atoms with Crippen LogP contribution in [0.25, 0.3) is 0 Å². The Hall–Kier alpha value is -2.08. The Kier molecular flexibility index (Phi) is 5.66. The Labute approximate surface area is 105 Å². The van der Waals surface area contributed by atoms with Crippen molar-refractivity contribution in [1.29, 1.82) is 0 Å². The SMILES string of the molecule is O=C(O)C(=O)O.c1ccc(N2CCNCC2)cc1. The third-order valence-corrected chi connectivity index (χ3v) is 2.42. The maximum absolute atomic E-state index is 9.10. The van der Waals surface area contributed by atoms with Crippen molar-refractivity contribution in [2.75, 3.05) is 31.1 Å². The van der Waals surface area contributed by atoms with Crippen molar-refractivity contribution in [3.05, 3.63) is 30.3 Å². The minimum atomic E-state index is -1.82. The number of nitrogens with one attached hydrogen (secondary N) is 1. The molecule has 0 unspecified atom stereocenters. The van der Waals surface area contributed by atoms with Crippen LogP contribution in [0.4, 0.5) is 5.69 Å². The average molecular weight is 252 g/mol. The van der Waals surface area contributed by atoms with Gasteiger partial charge in [0.2, 0.25) is 0 Å². The van der Waals surface area contributed by atoms with Crippen molar-refractivity contribution in [3.63, 3.8) is 0 Å². The molecule has 0 radical (unpaired) electrons. The highest BCUT2D eigenvalue weighted by Crippen LogP contribution is 2.12. The van der Waals surface area contributed by atoms with Gasteiger partial charge in [0.15, 0.2) is 0 Å². The summed E-state index contributed by atoms with van der Waals surface area (Å²) in [7, 11) is 0. The number of rotatable bonds is 1. The maximum Gasteiger partial charge on any atom is 0.414 e. The molecule has 0 saturated carbocycles. The lowest BCUT2D eigenvalue weighted by atomic mass is 10.2. The molecule has 0 aromatic heterocycles. The Bertz CT molecular complexity index is 376. The zero-order valence-corrected chi connectivity index (χ0v) is 9.87. The number of hydrogen-bond donors (Lipinski definition) is 3. The van der Waals surface area contributed by atoms with Crippen molar-refractivity contribution in [2.24, 2.45) is 0 Å². The normalized spacial score (nSPS) is 14.3. The lowest BCUT2D eigenvalue weighted by Crippen LogP contribution is -2.43. The van der Waals surface area contributed by atoms with E-state index in [1.54, 1.807) is 0 Å². The van der Waals surface area contributed by atoms with Gasteiger partial charge in [0.25, 0.3) is 0 Å². The van der Waals surface area contributed by atoms with Crippen molar-refractivity contribution >= 4 is 17.6 Å². The number of carbonyl (C=O) groups is 2. The fourth-order valence-corrected chi connectivity index (χ4v) is 1.56. The van der Waals surface area contributed by atoms with E-state index in [0.29, 0.717) is 0 Å². The van der Waals surface area contributed by atoms with Crippen LogP contribution in [-0.4, -0.2) is 48.3 Å². The van der Waals surface area contributed by atoms with E-state index in [2.05, 4.69) is 40.5 Å². The first-order valence-electron chi connectivity index (χ1n) is 5.58. The van der Waals surface area contributed by atoms with Gasteiger partial charge in [-0.05, 0) is 12.1 Å². The number of benzene rings is 1. The highest BCUT2D eigenvalue weighted by atomic mass is 16.4. The highest BCUT2D eigenvalue weighted by molar-refractivity contribution is 6.27. The number of carboxylic acids is 2. The summed E-state index contributed by atoms with van der Waals surface area (Å²) < 4.78 is 0. The van der Waals surface area contributed by atoms with Gasteiger partial charge in [0, 0.05) is 31.9 Å². The van der Waals surface area contributed by atoms with Gasteiger partial charge in [0.05, 0.1) is 0 Å². The van der Waals surface area contributed by atoms with E-state index < -0.39 is 11.9 Å². The van der Waals surface area contributed by atoms with Gasteiger partial charge in [-0.1, -0.05) is 18.2 Å². The van der Waals surface area contributed by atoms with E-state index in [1.165, 1.54) is 5.69 Å². The van der Waals surface area contributed by atoms with Gasteiger partial charge < -0.3 is 20.4 Å². The molecule has 0 atom stereocenters. The predicted molar refractivity (Wildman–Crippen MR) is 66.8 cm³/mol. The monoisotopic (exact) mass is 252 g/mol. The summed E-state index contributed by atoms with van der Waals surface area (Å²) >= 11 is 0. The van der Waals surface area contributed by atoms with Crippen LogP contribution in [0.2, 0.25) is 0 Å². The van der Waals surface area contributed by atoms with E-state index >= 15 is 0 Å². The van der Waals surface area contributed by atoms with E-state index in [1.807, 2.05) is 0 Å². The van der Waals surface area contributed by atoms with Crippen LogP contribution in [0.15, 0.2) is 30.3 Å². The number of anilines is 1. The number of para-hydroxylation sites is 1. The van der Waals surface area contributed by atoms with Gasteiger partial charge in [-0.2, -0.15) is 0 Å². The smallest absolute Gasteiger partial charge is 0.414 e. The number of carboxylic acid groups (broad SMARTS) is 2. The summed E-state index contributed by atoms with van der Waals surface area (Å²) in [6.45, 7) is 4.47. The Balaban J connectivity index is 0.000000232. The van der Waals surface area contributed by atoms with Gasteiger partial charge in [0.1, 0.15) is 0 Å². The molecule has 0 bridgehead atoms. The van der Waals surface area contributed by atoms with Crippen molar-refractivity contribution in [1.82, 2.24) is 5.32 Å². The summed E-state index contributed by atoms with van der Waals surface area (Å²) in [5, 5.41) is 18.1. The molecular weight excluding hydrogens is 236 g/mol. The first-order valence-corrected chi connectivity index (χ1v) is 5.58. The second-order valence-corrected chi connectivity index (χ2v) is 3.68. The number of piperazine rings is 1. The fraction of sp³-hybridized carbons (Fsp3) is 0.333. The van der Waals surface area contributed by atoms with Crippen LogP contribution in [-0.2, 0) is 9.59 Å². The van der Waals surface area contributed by atoms with Crippen LogP contribution in [0.3, 0.4) is 0 Å². The third kappa shape index (κ3) is 4.84. The standard InChI is InChI=1S/C10H14N2.C2H2O4/c1-2-4-10(5-3-1)12-8-6-11-7-9-12;3-1(4)2(5)6/h1-5,11H,6-9H2;(H,3,4)(H,5,6). The molecule has 1 aromatic carbocycles. The highest BCUT2D eigenvalue weighted by Gasteiger charge is 2.08. The van der Waals surface area contributed by atoms with Gasteiger partial charge >= 0.3 is 11.9 Å². The topological polar surface area (TPSA) is 89.9 Å². The molecule has 1 fully saturated rings. The fourth-order valence-electron chi connectivity index (χ4n) is 1.56. The molecule has 1 aliphatic rings. The second kappa shape index (κ2) is 7.29. The number of nitrogens with zero attached hydrogens (tertiary/aromatic N) is 1. The number of hydrogen-bond acceptors (Lipinski definition) is 4. The first kappa shape index (κ1) is 14.0. The molecule has 0 aliphatic carbocycles. The lowest BCUT2D eigenvalue weighted by molar-refractivity contribution is -0.159. The minimum absolute atomic E-state index is 1.11. The van der Waals surface area contributed by atoms with Gasteiger partial charge in [-0.15, -0.1) is 0 Å². The van der Waals surface area contributed by atoms with Crippen LogP contribution in [0.5, 0.6) is 0 Å². The van der Waals surface area contributed by atoms with E-state index in [-0.39, 0.29) is 0 Å². The van der Waals surface area contributed by atoms with Gasteiger partial charge in [-0.3, -0.25) is 0 Å². The molecule has 98 valence electrons. The molecule has 1 heterocycles. The molecule has 18 heavy (non-hydrogen) atoms. The maximum atomic E-state index is 9.10. The number of aliphatic carboxylic acids is 2. The third-order valence-electron chi connectivity index (χ3n) is 2.42. The molecule has 0 spiro atoms. The minimum Gasteiger partial charge on any atom is -0.473 e. The predicted octanol–water partition coefficient (Wildman–Crippen LogP) is 0.252. The van der Waals surface area contributed by atoms with Crippen LogP contribution < -0.4 is 10.2 Å². The molecule has 0 amide bonds. The lowest BCUT2D eigenvalue weighted by Gasteiger charge is -2.29. The molecule has 1 aliphatic heterocycles. The second-order valence-electron chi connectivity index (χ2n) is 3.68. The first-order chi connectivity index (χ1) is 8.61. The summed E-state index contributed by atoms with van der Waals surface area (Å²) in [6, 6.07) is 10.6. The van der Waals surface area contributed by atoms with Crippen molar-refractivity contribution in [2.45, 2.75) is 0 Å². The molecule has 6 heteroatoms. The zero-order valence-electron chi connectivity index (χ0n) is 9.87. The largest absolute Gasteiger partial charge is 0.473 e. The van der Waals surface area contributed by atoms with Crippen molar-refractivity contribution < 1.29 is 19.8 Å². The van der Waals surface area contributed by atoms with Crippen LogP contribution in [0.1, 0.15) is 0 Å². The Morgan fingerprint density at radius 3 is 1.94 bits per heavy atom. The molecule has 1 saturated heterocycles. The van der Waals surface area contributed by atoms with E-state index in [4.69, 9.17) is 19.8 Å². The molecule has 1 aromatic rings. The molecule has 2 rings (SSSR count). The quantitative estimate of drug-likeness (QED) is 0.621. The summed E-state index contributed by atoms with van der Waals surface area (Å²) in [5.41, 5.74) is 1.35. The Morgan fingerprint density at radius 1 is 1.00 bits per heavy atom.